The molecule has 7 heteroatoms. The summed E-state index contributed by atoms with van der Waals surface area (Å²) in [7, 11) is 0.691. The zero-order chi connectivity index (χ0) is 18.8. The van der Waals surface area contributed by atoms with Gasteiger partial charge in [0.1, 0.15) is 6.04 Å². The molecule has 0 saturated heterocycles. The molecular formula is C18H31BN2O4. The fourth-order valence-electron chi connectivity index (χ4n) is 3.02. The van der Waals surface area contributed by atoms with Crippen LogP contribution in [-0.4, -0.2) is 52.8 Å². The molecule has 25 heavy (non-hydrogen) atoms. The smallest absolute Gasteiger partial charge is 0.451 e. The van der Waals surface area contributed by atoms with E-state index in [0.717, 1.165) is 13.0 Å². The number of hydrogen-bond donors (Lipinski definition) is 4. The van der Waals surface area contributed by atoms with Gasteiger partial charge in [-0.2, -0.15) is 0 Å². The zero-order valence-corrected chi connectivity index (χ0v) is 15.2. The second-order valence-corrected chi connectivity index (χ2v) is 7.05. The van der Waals surface area contributed by atoms with Crippen LogP contribution in [0.5, 0.6) is 0 Å². The summed E-state index contributed by atoms with van der Waals surface area (Å²) in [6.07, 6.45) is 2.56. The van der Waals surface area contributed by atoms with E-state index in [9.17, 15) is 9.90 Å². The first-order chi connectivity index (χ1) is 11.8. The number of aliphatic carboxylic acids is 1. The molecular weight excluding hydrogens is 319 g/mol. The minimum atomic E-state index is -1.28. The van der Waals surface area contributed by atoms with E-state index < -0.39 is 19.1 Å². The average molecular weight is 350 g/mol. The van der Waals surface area contributed by atoms with Crippen molar-refractivity contribution >= 4 is 13.1 Å². The first-order valence-corrected chi connectivity index (χ1v) is 8.86. The summed E-state index contributed by atoms with van der Waals surface area (Å²) in [5.41, 5.74) is 7.08. The summed E-state index contributed by atoms with van der Waals surface area (Å²) >= 11 is 0. The van der Waals surface area contributed by atoms with Crippen LogP contribution >= 0.6 is 0 Å². The lowest BCUT2D eigenvalue weighted by molar-refractivity contribution is -0.140. The van der Waals surface area contributed by atoms with Gasteiger partial charge in [0.05, 0.1) is 0 Å². The molecule has 0 aromatic heterocycles. The highest BCUT2D eigenvalue weighted by Crippen LogP contribution is 2.21. The molecule has 0 aliphatic heterocycles. The van der Waals surface area contributed by atoms with E-state index in [4.69, 9.17) is 15.8 Å². The van der Waals surface area contributed by atoms with Gasteiger partial charge in [-0.25, -0.2) is 0 Å². The van der Waals surface area contributed by atoms with Crippen molar-refractivity contribution in [3.05, 3.63) is 35.9 Å². The lowest BCUT2D eigenvalue weighted by Gasteiger charge is -2.27. The molecule has 0 amide bonds. The van der Waals surface area contributed by atoms with Crippen LogP contribution in [0.3, 0.4) is 0 Å². The van der Waals surface area contributed by atoms with Crippen LogP contribution in [-0.2, 0) is 11.3 Å². The van der Waals surface area contributed by atoms with Crippen molar-refractivity contribution in [3.63, 3.8) is 0 Å². The van der Waals surface area contributed by atoms with Gasteiger partial charge in [-0.3, -0.25) is 4.79 Å². The number of hydrogen-bond acceptors (Lipinski definition) is 5. The average Bonchev–Trinajstić information content (AvgIpc) is 2.56. The highest BCUT2D eigenvalue weighted by Gasteiger charge is 2.26. The number of nitrogens with zero attached hydrogens (tertiary/aromatic N) is 1. The van der Waals surface area contributed by atoms with E-state index in [1.165, 1.54) is 5.56 Å². The minimum absolute atomic E-state index is 0.146. The lowest BCUT2D eigenvalue weighted by atomic mass is 9.79. The normalized spacial score (nSPS) is 15.0. The molecule has 0 aliphatic carbocycles. The summed E-state index contributed by atoms with van der Waals surface area (Å²) in [6.45, 7) is 3.40. The van der Waals surface area contributed by atoms with Gasteiger partial charge in [0, 0.05) is 13.1 Å². The third kappa shape index (κ3) is 9.02. The Hall–Kier alpha value is -1.41. The van der Waals surface area contributed by atoms with E-state index in [-0.39, 0.29) is 5.92 Å². The SMILES string of the molecule is CC(CCB(O)O)CCC(CN(C)Cc1ccccc1)C(N)C(=O)O. The summed E-state index contributed by atoms with van der Waals surface area (Å²) < 4.78 is 0. The molecule has 0 radical (unpaired) electrons. The van der Waals surface area contributed by atoms with Gasteiger partial charge in [0.15, 0.2) is 0 Å². The number of rotatable bonds is 12. The first-order valence-electron chi connectivity index (χ1n) is 8.86. The van der Waals surface area contributed by atoms with Crippen molar-refractivity contribution in [1.29, 1.82) is 0 Å². The summed E-state index contributed by atoms with van der Waals surface area (Å²) in [4.78, 5) is 13.4. The minimum Gasteiger partial charge on any atom is -0.480 e. The van der Waals surface area contributed by atoms with E-state index in [1.807, 2.05) is 44.3 Å². The third-order valence-corrected chi connectivity index (χ3v) is 4.58. The van der Waals surface area contributed by atoms with Crippen LogP contribution < -0.4 is 5.73 Å². The van der Waals surface area contributed by atoms with Gasteiger partial charge in [-0.05, 0) is 37.2 Å². The molecule has 0 bridgehead atoms. The molecule has 1 rings (SSSR count). The largest absolute Gasteiger partial charge is 0.480 e. The van der Waals surface area contributed by atoms with Crippen molar-refractivity contribution in [2.75, 3.05) is 13.6 Å². The standard InChI is InChI=1S/C18H31BN2O4/c1-14(10-11-19(24)25)8-9-16(17(20)18(22)23)13-21(2)12-15-6-4-3-5-7-15/h3-7,14,16-17,24-25H,8-13,20H2,1-2H3,(H,22,23). The van der Waals surface area contributed by atoms with Crippen LogP contribution in [0, 0.1) is 11.8 Å². The first kappa shape index (κ1) is 21.6. The van der Waals surface area contributed by atoms with Gasteiger partial charge in [-0.1, -0.05) is 50.1 Å². The maximum Gasteiger partial charge on any atom is 0.451 e. The van der Waals surface area contributed by atoms with Gasteiger partial charge >= 0.3 is 13.1 Å². The van der Waals surface area contributed by atoms with Gasteiger partial charge in [0.2, 0.25) is 0 Å². The van der Waals surface area contributed by atoms with Gasteiger partial charge in [0.25, 0.3) is 0 Å². The zero-order valence-electron chi connectivity index (χ0n) is 15.2. The highest BCUT2D eigenvalue weighted by atomic mass is 16.4. The van der Waals surface area contributed by atoms with Crippen molar-refractivity contribution in [2.24, 2.45) is 17.6 Å². The molecule has 0 saturated carbocycles. The molecule has 1 aromatic carbocycles. The maximum absolute atomic E-state index is 11.3. The predicted molar refractivity (Wildman–Crippen MR) is 99.9 cm³/mol. The van der Waals surface area contributed by atoms with E-state index >= 15 is 0 Å². The molecule has 3 unspecified atom stereocenters. The second kappa shape index (κ2) is 11.3. The Morgan fingerprint density at radius 3 is 2.40 bits per heavy atom. The monoisotopic (exact) mass is 350 g/mol. The van der Waals surface area contributed by atoms with E-state index in [1.54, 1.807) is 0 Å². The van der Waals surface area contributed by atoms with E-state index in [0.29, 0.717) is 31.6 Å². The van der Waals surface area contributed by atoms with Crippen LogP contribution in [0.1, 0.15) is 31.7 Å². The maximum atomic E-state index is 11.3. The quantitative estimate of drug-likeness (QED) is 0.425. The molecule has 3 atom stereocenters. The molecule has 0 aliphatic rings. The third-order valence-electron chi connectivity index (χ3n) is 4.58. The lowest BCUT2D eigenvalue weighted by Crippen LogP contribution is -2.43. The van der Waals surface area contributed by atoms with Crippen molar-refractivity contribution in [2.45, 2.75) is 45.1 Å². The van der Waals surface area contributed by atoms with E-state index in [2.05, 4.69) is 4.90 Å². The Kier molecular flexibility index (Phi) is 9.74. The molecule has 5 N–H and O–H groups in total. The van der Waals surface area contributed by atoms with Crippen molar-refractivity contribution in [1.82, 2.24) is 4.90 Å². The molecule has 1 aromatic rings. The highest BCUT2D eigenvalue weighted by molar-refractivity contribution is 6.40. The predicted octanol–water partition coefficient (Wildman–Crippen LogP) is 1.43. The van der Waals surface area contributed by atoms with Crippen molar-refractivity contribution in [3.8, 4) is 0 Å². The number of carboxylic acids is 1. The molecule has 140 valence electrons. The Morgan fingerprint density at radius 1 is 1.20 bits per heavy atom. The number of nitrogens with two attached hydrogens (primary N) is 1. The van der Waals surface area contributed by atoms with Gasteiger partial charge < -0.3 is 25.8 Å². The Bertz CT molecular complexity index is 501. The number of benzene rings is 1. The summed E-state index contributed by atoms with van der Waals surface area (Å²) in [5.74, 6) is -0.825. The summed E-state index contributed by atoms with van der Waals surface area (Å²) in [5, 5.41) is 27.2. The fraction of sp³-hybridized carbons (Fsp3) is 0.611. The van der Waals surface area contributed by atoms with Gasteiger partial charge in [-0.15, -0.1) is 0 Å². The van der Waals surface area contributed by atoms with Crippen LogP contribution in [0.4, 0.5) is 0 Å². The Labute approximate surface area is 150 Å². The van der Waals surface area contributed by atoms with Crippen LogP contribution in [0.25, 0.3) is 0 Å². The van der Waals surface area contributed by atoms with Crippen LogP contribution in [0.2, 0.25) is 6.32 Å². The van der Waals surface area contributed by atoms with Crippen molar-refractivity contribution < 1.29 is 19.9 Å². The molecule has 0 spiro atoms. The number of carbonyl (C=O) groups is 1. The topological polar surface area (TPSA) is 107 Å². The molecule has 6 nitrogen and oxygen atoms in total. The summed E-state index contributed by atoms with van der Waals surface area (Å²) in [6, 6.07) is 9.14. The van der Waals surface area contributed by atoms with Crippen LogP contribution in [0.15, 0.2) is 30.3 Å². The Morgan fingerprint density at radius 2 is 1.84 bits per heavy atom. The Balaban J connectivity index is 2.56. The molecule has 0 heterocycles. The second-order valence-electron chi connectivity index (χ2n) is 7.05. The molecule has 0 fully saturated rings. The number of carboxylic acid groups (broad SMARTS) is 1. The fourth-order valence-corrected chi connectivity index (χ4v) is 3.02.